The van der Waals surface area contributed by atoms with Crippen molar-refractivity contribution in [1.82, 2.24) is 5.32 Å². The molecule has 0 radical (unpaired) electrons. The standard InChI is InChI=1S/C10H17NO3/c1-5-14-10(13)9(7(2)3)6-11-8(4)12/h6-7H,5H2,1-4H3,(H,11,12)/b9-6+. The van der Waals surface area contributed by atoms with E-state index in [1.165, 1.54) is 13.1 Å². The number of rotatable bonds is 4. The van der Waals surface area contributed by atoms with Crippen molar-refractivity contribution in [2.24, 2.45) is 5.92 Å². The Bertz CT molecular complexity index is 244. The molecule has 0 aliphatic heterocycles. The van der Waals surface area contributed by atoms with Crippen LogP contribution in [-0.4, -0.2) is 18.5 Å². The van der Waals surface area contributed by atoms with E-state index in [0.717, 1.165) is 0 Å². The van der Waals surface area contributed by atoms with Crippen LogP contribution in [0.15, 0.2) is 11.8 Å². The molecular weight excluding hydrogens is 182 g/mol. The van der Waals surface area contributed by atoms with E-state index in [-0.39, 0.29) is 17.8 Å². The predicted octanol–water partition coefficient (Wildman–Crippen LogP) is 1.23. The van der Waals surface area contributed by atoms with E-state index in [0.29, 0.717) is 12.2 Å². The van der Waals surface area contributed by atoms with E-state index in [1.54, 1.807) is 6.92 Å². The number of amides is 1. The molecule has 0 spiro atoms. The Morgan fingerprint density at radius 1 is 1.43 bits per heavy atom. The van der Waals surface area contributed by atoms with Gasteiger partial charge >= 0.3 is 5.97 Å². The van der Waals surface area contributed by atoms with E-state index in [1.807, 2.05) is 13.8 Å². The quantitative estimate of drug-likeness (QED) is 0.547. The molecule has 0 aromatic carbocycles. The van der Waals surface area contributed by atoms with Gasteiger partial charge in [0.05, 0.1) is 12.2 Å². The maximum Gasteiger partial charge on any atom is 0.335 e. The van der Waals surface area contributed by atoms with Crippen molar-refractivity contribution >= 4 is 11.9 Å². The van der Waals surface area contributed by atoms with Crippen LogP contribution in [0.5, 0.6) is 0 Å². The van der Waals surface area contributed by atoms with Crippen LogP contribution in [0.2, 0.25) is 0 Å². The summed E-state index contributed by atoms with van der Waals surface area (Å²) in [6, 6.07) is 0. The first-order valence-electron chi connectivity index (χ1n) is 4.63. The second kappa shape index (κ2) is 6.18. The summed E-state index contributed by atoms with van der Waals surface area (Å²) in [6.07, 6.45) is 1.41. The maximum atomic E-state index is 11.4. The summed E-state index contributed by atoms with van der Waals surface area (Å²) in [4.78, 5) is 22.0. The van der Waals surface area contributed by atoms with E-state index in [4.69, 9.17) is 4.74 Å². The van der Waals surface area contributed by atoms with Gasteiger partial charge in [-0.2, -0.15) is 0 Å². The molecule has 0 atom stereocenters. The number of ether oxygens (including phenoxy) is 1. The minimum atomic E-state index is -0.378. The highest BCUT2D eigenvalue weighted by atomic mass is 16.5. The van der Waals surface area contributed by atoms with Crippen LogP contribution in [0.25, 0.3) is 0 Å². The van der Waals surface area contributed by atoms with Gasteiger partial charge in [-0.25, -0.2) is 4.79 Å². The lowest BCUT2D eigenvalue weighted by Gasteiger charge is -2.09. The zero-order valence-corrected chi connectivity index (χ0v) is 9.09. The van der Waals surface area contributed by atoms with Crippen LogP contribution in [0.1, 0.15) is 27.7 Å². The molecule has 14 heavy (non-hydrogen) atoms. The number of esters is 1. The molecule has 80 valence electrons. The molecule has 4 heteroatoms. The van der Waals surface area contributed by atoms with Crippen LogP contribution in [0.4, 0.5) is 0 Å². The lowest BCUT2D eigenvalue weighted by molar-refractivity contribution is -0.139. The first-order chi connectivity index (χ1) is 6.49. The number of carbonyl (C=O) groups is 2. The Labute approximate surface area is 84.3 Å². The van der Waals surface area contributed by atoms with Crippen LogP contribution in [0, 0.1) is 5.92 Å². The van der Waals surface area contributed by atoms with E-state index >= 15 is 0 Å². The molecule has 0 aromatic rings. The summed E-state index contributed by atoms with van der Waals surface area (Å²) in [6.45, 7) is 7.20. The van der Waals surface area contributed by atoms with Gasteiger partial charge in [0.15, 0.2) is 0 Å². The first kappa shape index (κ1) is 12.7. The van der Waals surface area contributed by atoms with Crippen molar-refractivity contribution in [3.63, 3.8) is 0 Å². The molecule has 0 saturated heterocycles. The lowest BCUT2D eigenvalue weighted by Crippen LogP contribution is -2.19. The van der Waals surface area contributed by atoms with Gasteiger partial charge in [0.2, 0.25) is 5.91 Å². The summed E-state index contributed by atoms with van der Waals surface area (Å²) >= 11 is 0. The van der Waals surface area contributed by atoms with Gasteiger partial charge < -0.3 is 10.1 Å². The monoisotopic (exact) mass is 199 g/mol. The van der Waals surface area contributed by atoms with Gasteiger partial charge in [-0.3, -0.25) is 4.79 Å². The second-order valence-corrected chi connectivity index (χ2v) is 3.18. The molecule has 0 fully saturated rings. The molecule has 0 heterocycles. The molecular formula is C10H17NO3. The second-order valence-electron chi connectivity index (χ2n) is 3.18. The van der Waals surface area contributed by atoms with Crippen molar-refractivity contribution in [1.29, 1.82) is 0 Å². The van der Waals surface area contributed by atoms with Gasteiger partial charge in [0, 0.05) is 13.1 Å². The van der Waals surface area contributed by atoms with Crippen molar-refractivity contribution in [3.8, 4) is 0 Å². The average molecular weight is 199 g/mol. The number of hydrogen-bond acceptors (Lipinski definition) is 3. The fraction of sp³-hybridized carbons (Fsp3) is 0.600. The lowest BCUT2D eigenvalue weighted by atomic mass is 10.1. The van der Waals surface area contributed by atoms with Crippen LogP contribution >= 0.6 is 0 Å². The Hall–Kier alpha value is -1.32. The summed E-state index contributed by atoms with van der Waals surface area (Å²) in [5, 5.41) is 2.46. The van der Waals surface area contributed by atoms with Crippen LogP contribution in [0.3, 0.4) is 0 Å². The number of carbonyl (C=O) groups excluding carboxylic acids is 2. The predicted molar refractivity (Wildman–Crippen MR) is 53.4 cm³/mol. The molecule has 4 nitrogen and oxygen atoms in total. The van der Waals surface area contributed by atoms with E-state index in [9.17, 15) is 9.59 Å². The third-order valence-electron chi connectivity index (χ3n) is 1.56. The zero-order valence-electron chi connectivity index (χ0n) is 9.09. The smallest absolute Gasteiger partial charge is 0.335 e. The average Bonchev–Trinajstić information content (AvgIpc) is 2.03. The minimum absolute atomic E-state index is 0.0286. The van der Waals surface area contributed by atoms with Crippen molar-refractivity contribution in [2.75, 3.05) is 6.61 Å². The first-order valence-corrected chi connectivity index (χ1v) is 4.63. The fourth-order valence-corrected chi connectivity index (χ4v) is 0.855. The molecule has 0 aromatic heterocycles. The number of nitrogens with one attached hydrogen (secondary N) is 1. The summed E-state index contributed by atoms with van der Waals surface area (Å²) < 4.78 is 4.84. The van der Waals surface area contributed by atoms with Gasteiger partial charge in [-0.15, -0.1) is 0 Å². The SMILES string of the molecule is CCOC(=O)/C(=C/NC(C)=O)C(C)C. The van der Waals surface area contributed by atoms with E-state index < -0.39 is 0 Å². The summed E-state index contributed by atoms with van der Waals surface area (Å²) in [7, 11) is 0. The van der Waals surface area contributed by atoms with Gasteiger partial charge in [0.25, 0.3) is 0 Å². The van der Waals surface area contributed by atoms with Crippen molar-refractivity contribution in [3.05, 3.63) is 11.8 Å². The van der Waals surface area contributed by atoms with Gasteiger partial charge in [0.1, 0.15) is 0 Å². The Balaban J connectivity index is 4.50. The molecule has 0 bridgehead atoms. The third kappa shape index (κ3) is 4.64. The van der Waals surface area contributed by atoms with Gasteiger partial charge in [-0.1, -0.05) is 13.8 Å². The molecule has 1 N–H and O–H groups in total. The topological polar surface area (TPSA) is 55.4 Å². The highest BCUT2D eigenvalue weighted by Gasteiger charge is 2.14. The molecule has 0 aliphatic carbocycles. The van der Waals surface area contributed by atoms with Crippen LogP contribution in [-0.2, 0) is 14.3 Å². The summed E-state index contributed by atoms with van der Waals surface area (Å²) in [5.41, 5.74) is 0.474. The third-order valence-corrected chi connectivity index (χ3v) is 1.56. The maximum absolute atomic E-state index is 11.4. The fourth-order valence-electron chi connectivity index (χ4n) is 0.855. The molecule has 1 amide bonds. The largest absolute Gasteiger partial charge is 0.463 e. The highest BCUT2D eigenvalue weighted by Crippen LogP contribution is 2.10. The highest BCUT2D eigenvalue weighted by molar-refractivity contribution is 5.89. The Morgan fingerprint density at radius 2 is 2.00 bits per heavy atom. The Kier molecular flexibility index (Phi) is 5.60. The molecule has 0 saturated carbocycles. The number of hydrogen-bond donors (Lipinski definition) is 1. The van der Waals surface area contributed by atoms with Gasteiger partial charge in [-0.05, 0) is 12.8 Å². The molecule has 0 aliphatic rings. The molecule has 0 unspecified atom stereocenters. The van der Waals surface area contributed by atoms with Crippen LogP contribution < -0.4 is 5.32 Å². The van der Waals surface area contributed by atoms with Crippen molar-refractivity contribution < 1.29 is 14.3 Å². The Morgan fingerprint density at radius 3 is 2.36 bits per heavy atom. The molecule has 0 rings (SSSR count). The summed E-state index contributed by atoms with van der Waals surface area (Å²) in [5.74, 6) is -0.551. The normalized spacial score (nSPS) is 11.4. The van der Waals surface area contributed by atoms with E-state index in [2.05, 4.69) is 5.32 Å². The van der Waals surface area contributed by atoms with Crippen molar-refractivity contribution in [2.45, 2.75) is 27.7 Å². The minimum Gasteiger partial charge on any atom is -0.463 e. The zero-order chi connectivity index (χ0) is 11.1.